The number of ether oxygens (including phenoxy) is 4. The van der Waals surface area contributed by atoms with Crippen LogP contribution in [0.4, 0.5) is 21.2 Å². The predicted molar refractivity (Wildman–Crippen MR) is 417 cm³/mol. The fourth-order valence-corrected chi connectivity index (χ4v) is 12.8. The van der Waals surface area contributed by atoms with Crippen LogP contribution in [0, 0.1) is 45.0 Å². The molecule has 2 fully saturated rings. The van der Waals surface area contributed by atoms with Crippen molar-refractivity contribution in [2.75, 3.05) is 50.2 Å². The predicted octanol–water partition coefficient (Wildman–Crippen LogP) is 15.7. The number of aromatic hydroxyl groups is 2. The summed E-state index contributed by atoms with van der Waals surface area (Å²) in [5.74, 6) is -1.20. The summed E-state index contributed by atoms with van der Waals surface area (Å²) in [5, 5.41) is 32.6. The number of pyridine rings is 2. The summed E-state index contributed by atoms with van der Waals surface area (Å²) in [6.07, 6.45) is 5.92. The quantitative estimate of drug-likeness (QED) is 0.0212. The number of ketones is 1. The number of carbonyl (C=O) groups excluding carboxylic acids is 7. The van der Waals surface area contributed by atoms with Gasteiger partial charge in [0.15, 0.2) is 5.78 Å². The van der Waals surface area contributed by atoms with Gasteiger partial charge in [0.05, 0.1) is 46.8 Å². The van der Waals surface area contributed by atoms with Crippen LogP contribution in [-0.4, -0.2) is 157 Å². The molecular formula is C82H102BClN7O15U. The molecule has 25 heteroatoms. The summed E-state index contributed by atoms with van der Waals surface area (Å²) in [6, 6.07) is 44.0. The topological polar surface area (TPSA) is 308 Å². The maximum absolute atomic E-state index is 13.9. The molecule has 0 aliphatic carbocycles. The molecule has 569 valence electrons. The third-order valence-electron chi connectivity index (χ3n) is 17.7. The molecule has 0 saturated carbocycles. The average molecular weight is 1710 g/mol. The Labute approximate surface area is 661 Å². The molecule has 4 heterocycles. The number of phenols is 2. The molecule has 4 amide bonds. The van der Waals surface area contributed by atoms with Crippen LogP contribution < -0.4 is 16.0 Å². The van der Waals surface area contributed by atoms with Gasteiger partial charge >= 0.3 is 30.1 Å². The van der Waals surface area contributed by atoms with Crippen LogP contribution in [0.1, 0.15) is 153 Å². The van der Waals surface area contributed by atoms with E-state index in [1.165, 1.54) is 28.9 Å². The molecule has 2 saturated heterocycles. The first-order valence-electron chi connectivity index (χ1n) is 35.8. The number of amides is 4. The molecule has 2 aliphatic heterocycles. The van der Waals surface area contributed by atoms with E-state index in [4.69, 9.17) is 28.5 Å². The number of likely N-dealkylation sites (tertiary alicyclic amines) is 2. The summed E-state index contributed by atoms with van der Waals surface area (Å²) in [6.45, 7) is 16.0. The number of aliphatic carboxylic acids is 1. The fraction of sp³-hybridized carbons (Fsp3) is 0.390. The van der Waals surface area contributed by atoms with Crippen LogP contribution in [0.25, 0.3) is 43.8 Å². The SMILES string of the molecule is C.COC(=O)C[C@H](CC(=O)[C@H]1CCCN1C(=O)CCCN(C(=O)OC(C)(C)C)c1cc(C)ccn1)c1ccc(-c2ccc(O)c3ccccc23)cc1.COC(=O)C[C@H](Cl)c1ccc(-c2ccc(O)c3ccccc23)cc1.Cc1ccnc(N(CCCC(=O)N2CCC[C@@H]2C(=O)O)C(=O)OC(C)(C)C)c1.N.[3H][B][3H].[U]. The molecule has 22 nitrogen and oxygen atoms in total. The Morgan fingerprint density at radius 3 is 1.37 bits per heavy atom. The number of halogens is 1. The van der Waals surface area contributed by atoms with Crippen LogP contribution in [0.15, 0.2) is 158 Å². The third-order valence-corrected chi connectivity index (χ3v) is 18.1. The number of Topliss-reactive ketones (excluding diaryl/α,β-unsaturated/α-hetero) is 1. The Bertz CT molecular complexity index is 4360. The molecule has 10 rings (SSSR count). The Kier molecular flexibility index (Phi) is 33.7. The Balaban J connectivity index is 0.000000365. The molecular weight excluding hydrogens is 1610 g/mol. The summed E-state index contributed by atoms with van der Waals surface area (Å²) in [7, 11) is 3.18. The van der Waals surface area contributed by atoms with E-state index in [0.717, 1.165) is 66.1 Å². The average Bonchev–Trinajstić information content (AvgIpc) is 1.28. The van der Waals surface area contributed by atoms with Crippen molar-refractivity contribution in [3.8, 4) is 33.8 Å². The van der Waals surface area contributed by atoms with Crippen molar-refractivity contribution in [3.63, 3.8) is 0 Å². The molecule has 107 heavy (non-hydrogen) atoms. The van der Waals surface area contributed by atoms with E-state index in [0.29, 0.717) is 71.6 Å². The molecule has 4 atom stereocenters. The number of hydrogen-bond donors (Lipinski definition) is 4. The van der Waals surface area contributed by atoms with Crippen molar-refractivity contribution in [1.29, 1.82) is 2.67 Å². The number of phenolic OH excluding ortho intramolecular Hbond substituents is 2. The zero-order chi connectivity index (χ0) is 77.4. The minimum atomic E-state index is -0.967. The molecule has 6 aromatic carbocycles. The molecule has 2 aliphatic rings. The van der Waals surface area contributed by atoms with Crippen LogP contribution in [0.3, 0.4) is 0 Å². The van der Waals surface area contributed by atoms with E-state index >= 15 is 0 Å². The summed E-state index contributed by atoms with van der Waals surface area (Å²) in [5.41, 5.74) is 6.19. The van der Waals surface area contributed by atoms with Crippen molar-refractivity contribution in [2.24, 2.45) is 0 Å². The number of benzene rings is 6. The van der Waals surface area contributed by atoms with Gasteiger partial charge in [-0.3, -0.25) is 33.8 Å². The maximum Gasteiger partial charge on any atom is 0.416 e. The Hall–Kier alpha value is -9.33. The first-order chi connectivity index (χ1) is 50.4. The van der Waals surface area contributed by atoms with Crippen LogP contribution in [0.5, 0.6) is 11.5 Å². The van der Waals surface area contributed by atoms with E-state index < -0.39 is 58.7 Å². The number of aryl methyl sites for hydroxylation is 2. The van der Waals surface area contributed by atoms with Gasteiger partial charge in [0.1, 0.15) is 40.4 Å². The van der Waals surface area contributed by atoms with Gasteiger partial charge in [0.2, 0.25) is 11.8 Å². The largest absolute Gasteiger partial charge is 0.507 e. The van der Waals surface area contributed by atoms with Gasteiger partial charge in [-0.25, -0.2) is 24.4 Å². The maximum atomic E-state index is 13.9. The number of hydrogen-bond acceptors (Lipinski definition) is 17. The number of aromatic nitrogens is 2. The van der Waals surface area contributed by atoms with Crippen LogP contribution >= 0.6 is 11.6 Å². The van der Waals surface area contributed by atoms with Gasteiger partial charge in [-0.1, -0.05) is 117 Å². The van der Waals surface area contributed by atoms with E-state index in [1.807, 2.05) is 135 Å². The fourth-order valence-electron chi connectivity index (χ4n) is 12.5. The number of fused-ring (bicyclic) bond motifs is 2. The number of methoxy groups -OCH3 is 2. The molecule has 2 aromatic heterocycles. The minimum Gasteiger partial charge on any atom is -0.507 e. The number of carboxylic acids is 1. The van der Waals surface area contributed by atoms with E-state index in [9.17, 15) is 53.7 Å². The van der Waals surface area contributed by atoms with Gasteiger partial charge in [-0.05, 0) is 188 Å². The first-order valence-corrected chi connectivity index (χ1v) is 35.1. The normalized spacial score (nSPS) is 14.4. The second-order valence-corrected chi connectivity index (χ2v) is 28.2. The second kappa shape index (κ2) is 41.7. The second-order valence-electron chi connectivity index (χ2n) is 27.7. The molecule has 0 unspecified atom stereocenters. The van der Waals surface area contributed by atoms with Crippen molar-refractivity contribution < 1.29 is 104 Å². The number of carboxylic acid groups (broad SMARTS) is 1. The van der Waals surface area contributed by atoms with Crippen molar-refractivity contribution in [2.45, 2.75) is 168 Å². The zero-order valence-electron chi connectivity index (χ0n) is 64.0. The standard InChI is InChI=1S/C41H47N3O7.C20H17ClO3.C20H29N3O5.CH4.BH2.H3N.U/c1-27-20-21-42-37(24-27)44(40(49)51-41(2,3)4)23-9-13-38(47)43-22-8-12-34(43)36(46)25-30(26-39(48)50-5)28-14-16-29(17-15-28)31-18-19-35(45)33-11-7-6-10-32(31)33;1-24-20(23)12-18(21)14-8-6-13(7-9-14)15-10-11-19(22)17-5-3-2-4-16(15)17;1-14-9-10-21-16(13-14)23(19(27)28-20(2,3)4)12-6-8-17(24)22-11-5-7-15(22)18(25)26;;;;/h6-7,10-11,14-21,24,30,34,45H,8-9,12-13,22-23,25-26H2,1-5H3;2-11,18,22H,12H2,1H3;9-10,13,15H,5-8,11-12H2,1-4H3,(H,25,26);1H4;1H2;1H3;/t30-,34+;18-;15-;;;;/m001..../s1/i;;;;1T2;;. The zero-order valence-corrected chi connectivity index (χ0v) is 66.9. The number of anilines is 2. The van der Waals surface area contributed by atoms with Crippen LogP contribution in [0.2, 0.25) is 0 Å². The molecule has 6 N–H and O–H groups in total. The number of rotatable bonds is 22. The molecule has 0 bridgehead atoms. The van der Waals surface area contributed by atoms with Gasteiger partial charge in [0, 0.05) is 106 Å². The van der Waals surface area contributed by atoms with Gasteiger partial charge in [-0.2, -0.15) is 0 Å². The Morgan fingerprint density at radius 1 is 0.579 bits per heavy atom. The third kappa shape index (κ3) is 25.4. The number of nitrogens with zero attached hydrogens (tertiary/aromatic N) is 6. The Morgan fingerprint density at radius 2 is 0.972 bits per heavy atom. The molecule has 1 radical (unpaired) electrons. The number of carbonyl (C=O) groups is 8. The summed E-state index contributed by atoms with van der Waals surface area (Å²) in [4.78, 5) is 115. The van der Waals surface area contributed by atoms with E-state index in [1.54, 1.807) is 83.1 Å². The van der Waals surface area contributed by atoms with E-state index in [-0.39, 0.29) is 125 Å². The summed E-state index contributed by atoms with van der Waals surface area (Å²) < 4.78 is 32.2. The van der Waals surface area contributed by atoms with E-state index in [2.05, 4.69) is 14.7 Å². The monoisotopic (exact) mass is 1710 g/mol. The van der Waals surface area contributed by atoms with Crippen molar-refractivity contribution >= 4 is 101 Å². The van der Waals surface area contributed by atoms with Crippen molar-refractivity contribution in [3.05, 3.63) is 180 Å². The minimum absolute atomic E-state index is 0. The first kappa shape index (κ1) is 86.6. The summed E-state index contributed by atoms with van der Waals surface area (Å²) >= 11 is 6.26. The molecule has 0 spiro atoms. The van der Waals surface area contributed by atoms with Crippen LogP contribution in [-0.2, 0) is 47.7 Å². The smallest absolute Gasteiger partial charge is 0.416 e. The molecule has 8 aromatic rings. The van der Waals surface area contributed by atoms with Crippen molar-refractivity contribution in [1.82, 2.24) is 25.9 Å². The van der Waals surface area contributed by atoms with Gasteiger partial charge in [0.25, 0.3) is 0 Å². The number of esters is 2. The number of alkyl halides is 1. The van der Waals surface area contributed by atoms with Gasteiger partial charge < -0.3 is 50.2 Å². The van der Waals surface area contributed by atoms with Gasteiger partial charge in [-0.15, -0.1) is 11.6 Å².